The molecule has 0 N–H and O–H groups in total. The number of carbonyl (C=O) groups excluding carboxylic acids is 1. The molecule has 0 aliphatic heterocycles. The Morgan fingerprint density at radius 1 is 1.31 bits per heavy atom. The minimum Gasteiger partial charge on any atom is -0.496 e. The molecule has 1 aromatic carbocycles. The first-order valence-electron chi connectivity index (χ1n) is 5.30. The standard InChI is InChI=1S/C13H18O3/c1-9(7-8-14)11-5-6-12(15-3)10(2)13(11)16-4/h5-6,8-9H,7H2,1-4H3. The first-order chi connectivity index (χ1) is 7.65. The third kappa shape index (κ3) is 2.35. The minimum atomic E-state index is 0.164. The summed E-state index contributed by atoms with van der Waals surface area (Å²) in [5.41, 5.74) is 2.02. The summed E-state index contributed by atoms with van der Waals surface area (Å²) >= 11 is 0. The van der Waals surface area contributed by atoms with E-state index in [9.17, 15) is 4.79 Å². The SMILES string of the molecule is COc1ccc(C(C)CC=O)c(OC)c1C. The van der Waals surface area contributed by atoms with Gasteiger partial charge in [-0.25, -0.2) is 0 Å². The van der Waals surface area contributed by atoms with Gasteiger partial charge in [0.15, 0.2) is 0 Å². The van der Waals surface area contributed by atoms with Gasteiger partial charge in [0, 0.05) is 12.0 Å². The van der Waals surface area contributed by atoms with Crippen molar-refractivity contribution in [3.05, 3.63) is 23.3 Å². The van der Waals surface area contributed by atoms with Gasteiger partial charge in [0.2, 0.25) is 0 Å². The van der Waals surface area contributed by atoms with Gasteiger partial charge < -0.3 is 14.3 Å². The van der Waals surface area contributed by atoms with Gasteiger partial charge in [0.05, 0.1) is 14.2 Å². The molecule has 1 atom stereocenters. The van der Waals surface area contributed by atoms with Crippen molar-refractivity contribution in [3.8, 4) is 11.5 Å². The second-order valence-electron chi connectivity index (χ2n) is 3.82. The van der Waals surface area contributed by atoms with Crippen LogP contribution in [-0.4, -0.2) is 20.5 Å². The van der Waals surface area contributed by atoms with Gasteiger partial charge in [-0.3, -0.25) is 0 Å². The van der Waals surface area contributed by atoms with E-state index in [0.29, 0.717) is 6.42 Å². The van der Waals surface area contributed by atoms with Crippen LogP contribution in [0.2, 0.25) is 0 Å². The molecule has 0 amide bonds. The molecule has 0 bridgehead atoms. The molecule has 0 aliphatic carbocycles. The first kappa shape index (κ1) is 12.6. The summed E-state index contributed by atoms with van der Waals surface area (Å²) in [5.74, 6) is 1.78. The van der Waals surface area contributed by atoms with Crippen LogP contribution in [0, 0.1) is 6.92 Å². The molecule has 1 unspecified atom stereocenters. The summed E-state index contributed by atoms with van der Waals surface area (Å²) in [6.45, 7) is 3.97. The molecule has 3 heteroatoms. The summed E-state index contributed by atoms with van der Waals surface area (Å²) in [4.78, 5) is 10.5. The lowest BCUT2D eigenvalue weighted by atomic mass is 9.95. The predicted octanol–water partition coefficient (Wildman–Crippen LogP) is 2.70. The molecule has 88 valence electrons. The fourth-order valence-corrected chi connectivity index (χ4v) is 1.85. The number of benzene rings is 1. The van der Waals surface area contributed by atoms with E-state index in [1.165, 1.54) is 0 Å². The van der Waals surface area contributed by atoms with Gasteiger partial charge >= 0.3 is 0 Å². The van der Waals surface area contributed by atoms with Crippen LogP contribution in [-0.2, 0) is 4.79 Å². The van der Waals surface area contributed by atoms with E-state index in [2.05, 4.69) is 0 Å². The Labute approximate surface area is 96.4 Å². The number of rotatable bonds is 5. The fraction of sp³-hybridized carbons (Fsp3) is 0.462. The quantitative estimate of drug-likeness (QED) is 0.718. The molecule has 0 aliphatic rings. The van der Waals surface area contributed by atoms with Crippen molar-refractivity contribution in [1.29, 1.82) is 0 Å². The van der Waals surface area contributed by atoms with Gasteiger partial charge in [-0.2, -0.15) is 0 Å². The molecule has 0 heterocycles. The molecule has 0 aromatic heterocycles. The average Bonchev–Trinajstić information content (AvgIpc) is 2.28. The Balaban J connectivity index is 3.19. The van der Waals surface area contributed by atoms with Gasteiger partial charge in [-0.1, -0.05) is 13.0 Å². The smallest absolute Gasteiger partial charge is 0.128 e. The molecule has 0 saturated carbocycles. The van der Waals surface area contributed by atoms with Crippen molar-refractivity contribution in [2.24, 2.45) is 0 Å². The van der Waals surface area contributed by atoms with E-state index < -0.39 is 0 Å². The van der Waals surface area contributed by atoms with Gasteiger partial charge in [0.1, 0.15) is 17.8 Å². The molecule has 16 heavy (non-hydrogen) atoms. The normalized spacial score (nSPS) is 12.0. The lowest BCUT2D eigenvalue weighted by Gasteiger charge is -2.17. The Morgan fingerprint density at radius 3 is 2.50 bits per heavy atom. The number of carbonyl (C=O) groups is 1. The maximum Gasteiger partial charge on any atom is 0.128 e. The predicted molar refractivity (Wildman–Crippen MR) is 63.4 cm³/mol. The van der Waals surface area contributed by atoms with E-state index >= 15 is 0 Å². The summed E-state index contributed by atoms with van der Waals surface area (Å²) in [6.07, 6.45) is 1.44. The van der Waals surface area contributed by atoms with Crippen molar-refractivity contribution in [2.45, 2.75) is 26.2 Å². The zero-order chi connectivity index (χ0) is 12.1. The monoisotopic (exact) mass is 222 g/mol. The molecular formula is C13H18O3. The van der Waals surface area contributed by atoms with E-state index in [1.807, 2.05) is 26.0 Å². The van der Waals surface area contributed by atoms with Gasteiger partial charge in [-0.05, 0) is 24.5 Å². The van der Waals surface area contributed by atoms with Crippen molar-refractivity contribution in [2.75, 3.05) is 14.2 Å². The van der Waals surface area contributed by atoms with Gasteiger partial charge in [0.25, 0.3) is 0 Å². The molecule has 0 saturated heterocycles. The minimum absolute atomic E-state index is 0.164. The van der Waals surface area contributed by atoms with E-state index in [-0.39, 0.29) is 5.92 Å². The van der Waals surface area contributed by atoms with Crippen molar-refractivity contribution >= 4 is 6.29 Å². The molecular weight excluding hydrogens is 204 g/mol. The Bertz CT molecular complexity index is 372. The number of ether oxygens (including phenoxy) is 2. The third-order valence-corrected chi connectivity index (χ3v) is 2.79. The Kier molecular flexibility index (Phi) is 4.35. The molecule has 0 radical (unpaired) electrons. The van der Waals surface area contributed by atoms with Crippen LogP contribution in [0.15, 0.2) is 12.1 Å². The topological polar surface area (TPSA) is 35.5 Å². The van der Waals surface area contributed by atoms with Crippen LogP contribution in [0.1, 0.15) is 30.4 Å². The highest BCUT2D eigenvalue weighted by molar-refractivity contribution is 5.55. The maximum atomic E-state index is 10.5. The van der Waals surface area contributed by atoms with Crippen molar-refractivity contribution in [1.82, 2.24) is 0 Å². The van der Waals surface area contributed by atoms with Crippen LogP contribution >= 0.6 is 0 Å². The second-order valence-corrected chi connectivity index (χ2v) is 3.82. The van der Waals surface area contributed by atoms with Crippen LogP contribution in [0.3, 0.4) is 0 Å². The summed E-state index contributed by atoms with van der Waals surface area (Å²) in [5, 5.41) is 0. The molecule has 1 rings (SSSR count). The molecule has 0 fully saturated rings. The highest BCUT2D eigenvalue weighted by Crippen LogP contribution is 2.36. The number of hydrogen-bond acceptors (Lipinski definition) is 3. The van der Waals surface area contributed by atoms with Crippen molar-refractivity contribution in [3.63, 3.8) is 0 Å². The van der Waals surface area contributed by atoms with E-state index in [1.54, 1.807) is 14.2 Å². The second kappa shape index (κ2) is 5.54. The molecule has 1 aromatic rings. The lowest BCUT2D eigenvalue weighted by Crippen LogP contribution is -2.01. The average molecular weight is 222 g/mol. The zero-order valence-electron chi connectivity index (χ0n) is 10.2. The Hall–Kier alpha value is -1.51. The van der Waals surface area contributed by atoms with Crippen LogP contribution in [0.4, 0.5) is 0 Å². The Morgan fingerprint density at radius 2 is 2.00 bits per heavy atom. The number of hydrogen-bond donors (Lipinski definition) is 0. The van der Waals surface area contributed by atoms with Crippen molar-refractivity contribution < 1.29 is 14.3 Å². The summed E-state index contributed by atoms with van der Waals surface area (Å²) in [6, 6.07) is 3.87. The summed E-state index contributed by atoms with van der Waals surface area (Å²) in [7, 11) is 3.27. The van der Waals surface area contributed by atoms with Crippen LogP contribution < -0.4 is 9.47 Å². The van der Waals surface area contributed by atoms with E-state index in [0.717, 1.165) is 28.9 Å². The highest BCUT2D eigenvalue weighted by Gasteiger charge is 2.15. The maximum absolute atomic E-state index is 10.5. The molecule has 0 spiro atoms. The zero-order valence-corrected chi connectivity index (χ0v) is 10.2. The third-order valence-electron chi connectivity index (χ3n) is 2.79. The van der Waals surface area contributed by atoms with Gasteiger partial charge in [-0.15, -0.1) is 0 Å². The van der Waals surface area contributed by atoms with E-state index in [4.69, 9.17) is 9.47 Å². The number of methoxy groups -OCH3 is 2. The first-order valence-corrected chi connectivity index (χ1v) is 5.30. The highest BCUT2D eigenvalue weighted by atomic mass is 16.5. The number of aldehydes is 1. The summed E-state index contributed by atoms with van der Waals surface area (Å²) < 4.78 is 10.6. The fourth-order valence-electron chi connectivity index (χ4n) is 1.85. The molecule has 3 nitrogen and oxygen atoms in total. The lowest BCUT2D eigenvalue weighted by molar-refractivity contribution is -0.108. The van der Waals surface area contributed by atoms with Crippen LogP contribution in [0.5, 0.6) is 11.5 Å². The van der Waals surface area contributed by atoms with Crippen LogP contribution in [0.25, 0.3) is 0 Å². The largest absolute Gasteiger partial charge is 0.496 e.